The maximum atomic E-state index is 12.9. The molecule has 1 heterocycles. The van der Waals surface area contributed by atoms with Gasteiger partial charge in [0.15, 0.2) is 5.76 Å². The Hall–Kier alpha value is -3.39. The van der Waals surface area contributed by atoms with Gasteiger partial charge in [0.25, 0.3) is 0 Å². The van der Waals surface area contributed by atoms with Crippen LogP contribution in [0.4, 0.5) is 0 Å². The van der Waals surface area contributed by atoms with Crippen molar-refractivity contribution in [1.29, 1.82) is 0 Å². The molecule has 0 bridgehead atoms. The monoisotopic (exact) mass is 350 g/mol. The van der Waals surface area contributed by atoms with Crippen LogP contribution in [0.15, 0.2) is 51.7 Å². The van der Waals surface area contributed by atoms with Crippen molar-refractivity contribution < 1.29 is 18.6 Å². The van der Waals surface area contributed by atoms with E-state index < -0.39 is 0 Å². The third kappa shape index (κ3) is 3.22. The van der Waals surface area contributed by atoms with E-state index in [4.69, 9.17) is 18.6 Å². The summed E-state index contributed by atoms with van der Waals surface area (Å²) in [4.78, 5) is 12.9. The lowest BCUT2D eigenvalue weighted by atomic mass is 10.1. The fourth-order valence-corrected chi connectivity index (χ4v) is 2.60. The third-order valence-corrected chi connectivity index (χ3v) is 3.87. The van der Waals surface area contributed by atoms with Gasteiger partial charge < -0.3 is 18.6 Å². The average Bonchev–Trinajstić information content (AvgIpc) is 2.69. The molecule has 0 aliphatic carbocycles. The first-order valence-electron chi connectivity index (χ1n) is 8.00. The van der Waals surface area contributed by atoms with Gasteiger partial charge in [-0.3, -0.25) is 4.79 Å². The van der Waals surface area contributed by atoms with Crippen LogP contribution in [0.5, 0.6) is 17.2 Å². The molecule has 0 N–H and O–H groups in total. The Bertz CT molecular complexity index is 1050. The first kappa shape index (κ1) is 17.4. The topological polar surface area (TPSA) is 57.9 Å². The number of para-hydroxylation sites is 1. The molecule has 0 radical (unpaired) electrons. The molecule has 5 nitrogen and oxygen atoms in total. The van der Waals surface area contributed by atoms with E-state index in [1.165, 1.54) is 0 Å². The number of rotatable bonds is 5. The summed E-state index contributed by atoms with van der Waals surface area (Å²) in [6.45, 7) is 1.80. The molecule has 0 saturated heterocycles. The minimum atomic E-state index is -0.252. The number of hydrogen-bond donors (Lipinski definition) is 0. The van der Waals surface area contributed by atoms with Crippen LogP contribution >= 0.6 is 0 Å². The van der Waals surface area contributed by atoms with Crippen molar-refractivity contribution in [2.75, 3.05) is 20.8 Å². The number of methoxy groups -OCH3 is 2. The highest BCUT2D eigenvalue weighted by Crippen LogP contribution is 2.38. The van der Waals surface area contributed by atoms with Crippen LogP contribution < -0.4 is 19.6 Å². The van der Waals surface area contributed by atoms with Crippen LogP contribution in [0.2, 0.25) is 0 Å². The van der Waals surface area contributed by atoms with Gasteiger partial charge in [0.2, 0.25) is 11.2 Å². The van der Waals surface area contributed by atoms with E-state index in [1.807, 2.05) is 6.07 Å². The summed E-state index contributed by atoms with van der Waals surface area (Å²) >= 11 is 0. The Morgan fingerprint density at radius 2 is 1.88 bits per heavy atom. The van der Waals surface area contributed by atoms with Crippen molar-refractivity contribution in [3.05, 3.63) is 52.7 Å². The van der Waals surface area contributed by atoms with Crippen LogP contribution in [-0.4, -0.2) is 20.8 Å². The van der Waals surface area contributed by atoms with Crippen molar-refractivity contribution in [3.63, 3.8) is 0 Å². The van der Waals surface area contributed by atoms with Gasteiger partial charge in [0.05, 0.1) is 25.2 Å². The van der Waals surface area contributed by atoms with Crippen LogP contribution in [0, 0.1) is 11.8 Å². The van der Waals surface area contributed by atoms with E-state index in [0.717, 1.165) is 0 Å². The quantitative estimate of drug-likeness (QED) is 0.654. The van der Waals surface area contributed by atoms with E-state index in [0.29, 0.717) is 33.8 Å². The molecule has 0 amide bonds. The molecule has 0 fully saturated rings. The van der Waals surface area contributed by atoms with Crippen LogP contribution in [-0.2, 0) is 0 Å². The van der Waals surface area contributed by atoms with Gasteiger partial charge >= 0.3 is 0 Å². The maximum Gasteiger partial charge on any atom is 0.235 e. The summed E-state index contributed by atoms with van der Waals surface area (Å²) in [6, 6.07) is 12.3. The molecule has 2 aromatic carbocycles. The second-order valence-corrected chi connectivity index (χ2v) is 5.37. The Kier molecular flexibility index (Phi) is 5.14. The Morgan fingerprint density at radius 1 is 1.08 bits per heavy atom. The molecule has 0 unspecified atom stereocenters. The zero-order chi connectivity index (χ0) is 18.5. The van der Waals surface area contributed by atoms with Gasteiger partial charge in [0, 0.05) is 6.07 Å². The highest BCUT2D eigenvalue weighted by atomic mass is 16.5. The van der Waals surface area contributed by atoms with Crippen molar-refractivity contribution >= 4 is 11.0 Å². The molecule has 26 heavy (non-hydrogen) atoms. The van der Waals surface area contributed by atoms with Crippen LogP contribution in [0.3, 0.4) is 0 Å². The van der Waals surface area contributed by atoms with Gasteiger partial charge in [-0.2, -0.15) is 0 Å². The first-order valence-corrected chi connectivity index (χ1v) is 8.00. The summed E-state index contributed by atoms with van der Waals surface area (Å²) in [7, 11) is 3.11. The molecule has 0 saturated carbocycles. The predicted molar refractivity (Wildman–Crippen MR) is 100.0 cm³/mol. The molecule has 1 aromatic heterocycles. The van der Waals surface area contributed by atoms with Crippen LogP contribution in [0.1, 0.15) is 6.92 Å². The summed E-state index contributed by atoms with van der Waals surface area (Å²) in [5, 5.41) is 0.447. The van der Waals surface area contributed by atoms with Gasteiger partial charge in [-0.25, -0.2) is 0 Å². The molecular weight excluding hydrogens is 332 g/mol. The minimum Gasteiger partial charge on any atom is -0.497 e. The lowest BCUT2D eigenvalue weighted by Crippen LogP contribution is -2.10. The molecule has 3 aromatic rings. The van der Waals surface area contributed by atoms with E-state index in [-0.39, 0.29) is 17.8 Å². The largest absolute Gasteiger partial charge is 0.497 e. The Morgan fingerprint density at radius 3 is 2.62 bits per heavy atom. The molecular formula is C21H18O5. The van der Waals surface area contributed by atoms with Crippen molar-refractivity contribution in [2.24, 2.45) is 0 Å². The highest BCUT2D eigenvalue weighted by molar-refractivity contribution is 5.83. The van der Waals surface area contributed by atoms with Gasteiger partial charge in [-0.15, -0.1) is 5.92 Å². The maximum absolute atomic E-state index is 12.9. The molecule has 132 valence electrons. The van der Waals surface area contributed by atoms with E-state index in [2.05, 4.69) is 11.8 Å². The minimum absolute atomic E-state index is 0.0884. The summed E-state index contributed by atoms with van der Waals surface area (Å²) in [6.07, 6.45) is 0. The normalized spacial score (nSPS) is 10.1. The number of hydrogen-bond acceptors (Lipinski definition) is 5. The summed E-state index contributed by atoms with van der Waals surface area (Å²) in [5.74, 6) is 7.08. The predicted octanol–water partition coefficient (Wildman–Crippen LogP) is 3.88. The van der Waals surface area contributed by atoms with Crippen molar-refractivity contribution in [1.82, 2.24) is 0 Å². The van der Waals surface area contributed by atoms with E-state index >= 15 is 0 Å². The molecule has 3 rings (SSSR count). The average molecular weight is 350 g/mol. The fourth-order valence-electron chi connectivity index (χ4n) is 2.60. The lowest BCUT2D eigenvalue weighted by Gasteiger charge is -2.13. The van der Waals surface area contributed by atoms with Crippen molar-refractivity contribution in [2.45, 2.75) is 6.92 Å². The number of benzene rings is 2. The molecule has 0 aliphatic rings. The molecule has 0 aliphatic heterocycles. The third-order valence-electron chi connectivity index (χ3n) is 3.87. The van der Waals surface area contributed by atoms with Gasteiger partial charge in [-0.05, 0) is 31.2 Å². The molecule has 5 heteroatoms. The Labute approximate surface area is 151 Å². The van der Waals surface area contributed by atoms with Crippen molar-refractivity contribution in [3.8, 4) is 40.4 Å². The zero-order valence-electron chi connectivity index (χ0n) is 14.8. The number of fused-ring (bicyclic) bond motifs is 1. The highest BCUT2D eigenvalue weighted by Gasteiger charge is 2.20. The van der Waals surface area contributed by atoms with Gasteiger partial charge in [0.1, 0.15) is 23.7 Å². The lowest BCUT2D eigenvalue weighted by molar-refractivity contribution is 0.356. The number of ether oxygens (including phenoxy) is 3. The zero-order valence-corrected chi connectivity index (χ0v) is 14.8. The van der Waals surface area contributed by atoms with E-state index in [1.54, 1.807) is 57.5 Å². The summed E-state index contributed by atoms with van der Waals surface area (Å²) < 4.78 is 22.4. The second kappa shape index (κ2) is 7.66. The van der Waals surface area contributed by atoms with Gasteiger partial charge in [-0.1, -0.05) is 18.1 Å². The first-order chi connectivity index (χ1) is 12.7. The fraction of sp³-hybridized carbons (Fsp3) is 0.190. The standard InChI is InChI=1S/C21H18O5/c1-4-5-12-25-21-19(22)15-8-6-7-9-17(15)26-20(21)16-11-10-14(23-2)13-18(16)24-3/h6-11,13H,12H2,1-3H3. The second-order valence-electron chi connectivity index (χ2n) is 5.37. The summed E-state index contributed by atoms with van der Waals surface area (Å²) in [5.41, 5.74) is 0.813. The Balaban J connectivity index is 2.28. The molecule has 0 atom stereocenters. The van der Waals surface area contributed by atoms with E-state index in [9.17, 15) is 4.79 Å². The SMILES string of the molecule is CC#CCOc1c(-c2ccc(OC)cc2OC)oc2ccccc2c1=O. The smallest absolute Gasteiger partial charge is 0.235 e. The van der Waals surface area contributed by atoms with Crippen LogP contribution in [0.25, 0.3) is 22.3 Å². The molecule has 0 spiro atoms.